The molecule has 7 heteroatoms. The van der Waals surface area contributed by atoms with Crippen molar-refractivity contribution >= 4 is 34.3 Å². The van der Waals surface area contributed by atoms with Crippen molar-refractivity contribution < 1.29 is 9.59 Å². The fourth-order valence-corrected chi connectivity index (χ4v) is 6.09. The third kappa shape index (κ3) is 7.96. The summed E-state index contributed by atoms with van der Waals surface area (Å²) in [5, 5.41) is 11.5. The zero-order valence-electron chi connectivity index (χ0n) is 25.1. The lowest BCUT2D eigenvalue weighted by atomic mass is 10.0. The largest absolute Gasteiger partial charge is 0.350 e. The highest BCUT2D eigenvalue weighted by atomic mass is 35.5. The third-order valence-corrected chi connectivity index (χ3v) is 8.67. The van der Waals surface area contributed by atoms with Crippen molar-refractivity contribution in [1.82, 2.24) is 20.9 Å². The quantitative estimate of drug-likeness (QED) is 0.121. The summed E-state index contributed by atoms with van der Waals surface area (Å²) in [7, 11) is 0. The molecule has 2 amide bonds. The maximum atomic E-state index is 13.3. The van der Waals surface area contributed by atoms with Gasteiger partial charge in [0, 0.05) is 40.7 Å². The summed E-state index contributed by atoms with van der Waals surface area (Å²) in [6.07, 6.45) is 5.25. The van der Waals surface area contributed by atoms with Gasteiger partial charge >= 0.3 is 0 Å². The van der Waals surface area contributed by atoms with E-state index in [-0.39, 0.29) is 11.8 Å². The number of hydrogen-bond donors (Lipinski definition) is 3. The molecule has 228 valence electrons. The summed E-state index contributed by atoms with van der Waals surface area (Å²) in [4.78, 5) is 31.1. The molecule has 1 aromatic heterocycles. The Kier molecular flexibility index (Phi) is 9.83. The van der Waals surface area contributed by atoms with Crippen LogP contribution in [-0.2, 0) is 11.3 Å². The van der Waals surface area contributed by atoms with E-state index < -0.39 is 6.04 Å². The molecule has 45 heavy (non-hydrogen) atoms. The fourth-order valence-electron chi connectivity index (χ4n) is 5.88. The van der Waals surface area contributed by atoms with Crippen molar-refractivity contribution in [2.75, 3.05) is 6.54 Å². The first-order valence-corrected chi connectivity index (χ1v) is 16.0. The zero-order chi connectivity index (χ0) is 31.0. The Balaban J connectivity index is 1.03. The molecule has 1 fully saturated rings. The van der Waals surface area contributed by atoms with Crippen LogP contribution >= 0.6 is 11.6 Å². The number of rotatable bonds is 13. The lowest BCUT2D eigenvalue weighted by molar-refractivity contribution is -0.123. The number of nitrogens with zero attached hydrogens (tertiary/aromatic N) is 1. The second-order valence-corrected chi connectivity index (χ2v) is 12.1. The van der Waals surface area contributed by atoms with E-state index in [1.807, 2.05) is 72.9 Å². The zero-order valence-corrected chi connectivity index (χ0v) is 25.8. The summed E-state index contributed by atoms with van der Waals surface area (Å²) in [6.45, 7) is 1.20. The van der Waals surface area contributed by atoms with Gasteiger partial charge in [-0.3, -0.25) is 14.6 Å². The van der Waals surface area contributed by atoms with E-state index in [1.165, 1.54) is 10.9 Å². The highest BCUT2D eigenvalue weighted by molar-refractivity contribution is 6.30. The first kappa shape index (κ1) is 30.5. The van der Waals surface area contributed by atoms with E-state index in [1.54, 1.807) is 18.2 Å². The van der Waals surface area contributed by atoms with E-state index in [4.69, 9.17) is 11.6 Å². The third-order valence-electron chi connectivity index (χ3n) is 8.43. The Bertz CT molecular complexity index is 1750. The molecule has 0 radical (unpaired) electrons. The number of amides is 2. The van der Waals surface area contributed by atoms with Crippen LogP contribution in [0, 0.1) is 0 Å². The number of carbonyl (C=O) groups is 2. The predicted molar refractivity (Wildman–Crippen MR) is 181 cm³/mol. The fraction of sp³-hybridized carbons (Fsp3) is 0.237. The molecule has 3 atom stereocenters. The summed E-state index contributed by atoms with van der Waals surface area (Å²) in [5.74, 6) is 0.0283. The Morgan fingerprint density at radius 1 is 0.844 bits per heavy atom. The van der Waals surface area contributed by atoms with Gasteiger partial charge < -0.3 is 16.0 Å². The number of nitrogens with one attached hydrogen (secondary N) is 3. The molecular weight excluding hydrogens is 580 g/mol. The topological polar surface area (TPSA) is 83.1 Å². The number of aromatic nitrogens is 1. The van der Waals surface area contributed by atoms with Crippen LogP contribution in [0.4, 0.5) is 0 Å². The number of benzene rings is 4. The molecule has 6 nitrogen and oxygen atoms in total. The Morgan fingerprint density at radius 2 is 1.62 bits per heavy atom. The van der Waals surface area contributed by atoms with E-state index in [0.29, 0.717) is 35.5 Å². The molecule has 6 rings (SSSR count). The minimum Gasteiger partial charge on any atom is -0.350 e. The number of pyridine rings is 1. The molecule has 0 aliphatic heterocycles. The van der Waals surface area contributed by atoms with Crippen LogP contribution in [0.3, 0.4) is 0 Å². The van der Waals surface area contributed by atoms with Crippen molar-refractivity contribution in [2.24, 2.45) is 0 Å². The molecule has 3 N–H and O–H groups in total. The minimum atomic E-state index is -0.651. The van der Waals surface area contributed by atoms with Gasteiger partial charge in [0.1, 0.15) is 6.04 Å². The van der Waals surface area contributed by atoms with Gasteiger partial charge in [0.2, 0.25) is 5.91 Å². The predicted octanol–water partition coefficient (Wildman–Crippen LogP) is 7.29. The van der Waals surface area contributed by atoms with Crippen molar-refractivity contribution in [3.63, 3.8) is 0 Å². The van der Waals surface area contributed by atoms with Crippen LogP contribution in [-0.4, -0.2) is 35.4 Å². The maximum absolute atomic E-state index is 13.3. The molecule has 5 aromatic rings. The average Bonchev–Trinajstić information content (AvgIpc) is 3.86. The molecule has 0 spiro atoms. The van der Waals surface area contributed by atoms with Crippen molar-refractivity contribution in [3.05, 3.63) is 137 Å². The molecule has 1 saturated carbocycles. The lowest BCUT2D eigenvalue weighted by Crippen LogP contribution is -2.46. The number of fused-ring (bicyclic) bond motifs is 1. The summed E-state index contributed by atoms with van der Waals surface area (Å²) in [6, 6.07) is 35.2. The summed E-state index contributed by atoms with van der Waals surface area (Å²) in [5.41, 5.74) is 5.94. The second-order valence-electron chi connectivity index (χ2n) is 11.6. The molecule has 4 aromatic carbocycles. The molecular formula is C38H37ClN4O2. The molecule has 1 heterocycles. The standard InChI is InChI=1S/C38H37ClN4O2/c39-30-12-8-9-26(23-30)25-42-38(45)35(43-37(44)29-18-16-28(17-19-29)27-10-2-1-3-11-27)15-6-7-21-40-36-24-33(36)31-20-22-41-34-14-5-4-13-32(31)34/h1-5,8-14,16-20,22-23,33,35-36,40H,6-7,15,21,24-25H2,(H,42,45)(H,43,44)/t33-,35?,36+/m0/s1. The number of hydrogen-bond acceptors (Lipinski definition) is 4. The number of unbranched alkanes of at least 4 members (excludes halogenated alkanes) is 1. The minimum absolute atomic E-state index is 0.205. The number of para-hydroxylation sites is 1. The van der Waals surface area contributed by atoms with Gasteiger partial charge in [-0.15, -0.1) is 0 Å². The van der Waals surface area contributed by atoms with Gasteiger partial charge in [0.05, 0.1) is 5.52 Å². The van der Waals surface area contributed by atoms with Crippen LogP contribution in [0.1, 0.15) is 53.1 Å². The highest BCUT2D eigenvalue weighted by Gasteiger charge is 2.38. The van der Waals surface area contributed by atoms with Crippen molar-refractivity contribution in [2.45, 2.75) is 50.2 Å². The Morgan fingerprint density at radius 3 is 2.44 bits per heavy atom. The normalized spacial score (nSPS) is 16.2. The lowest BCUT2D eigenvalue weighted by Gasteiger charge is -2.19. The molecule has 1 unspecified atom stereocenters. The highest BCUT2D eigenvalue weighted by Crippen LogP contribution is 2.43. The van der Waals surface area contributed by atoms with Crippen molar-refractivity contribution in [3.8, 4) is 11.1 Å². The first-order valence-electron chi connectivity index (χ1n) is 15.6. The van der Waals surface area contributed by atoms with Gasteiger partial charge in [-0.2, -0.15) is 0 Å². The van der Waals surface area contributed by atoms with E-state index in [2.05, 4.69) is 45.2 Å². The van der Waals surface area contributed by atoms with E-state index in [9.17, 15) is 9.59 Å². The smallest absolute Gasteiger partial charge is 0.251 e. The average molecular weight is 617 g/mol. The Labute approximate surface area is 269 Å². The van der Waals surface area contributed by atoms with E-state index >= 15 is 0 Å². The number of carbonyl (C=O) groups excluding carboxylic acids is 2. The van der Waals surface area contributed by atoms with Crippen LogP contribution in [0.25, 0.3) is 22.0 Å². The monoisotopic (exact) mass is 616 g/mol. The number of halogens is 1. The SMILES string of the molecule is O=C(NC(CCCCN[C@@H]1C[C@H]1c1ccnc2ccccc12)C(=O)NCc1cccc(Cl)c1)c1ccc(-c2ccccc2)cc1. The van der Waals surface area contributed by atoms with Crippen LogP contribution in [0.2, 0.25) is 5.02 Å². The van der Waals surface area contributed by atoms with E-state index in [0.717, 1.165) is 48.0 Å². The summed E-state index contributed by atoms with van der Waals surface area (Å²) >= 11 is 6.13. The van der Waals surface area contributed by atoms with Crippen LogP contribution in [0.15, 0.2) is 115 Å². The van der Waals surface area contributed by atoms with Crippen LogP contribution < -0.4 is 16.0 Å². The van der Waals surface area contributed by atoms with Gasteiger partial charge in [-0.1, -0.05) is 84.4 Å². The molecule has 1 aliphatic rings. The second kappa shape index (κ2) is 14.5. The van der Waals surface area contributed by atoms with Crippen molar-refractivity contribution in [1.29, 1.82) is 0 Å². The van der Waals surface area contributed by atoms with Gasteiger partial charge in [0.25, 0.3) is 5.91 Å². The van der Waals surface area contributed by atoms with Crippen LogP contribution in [0.5, 0.6) is 0 Å². The maximum Gasteiger partial charge on any atom is 0.251 e. The van der Waals surface area contributed by atoms with Gasteiger partial charge in [-0.25, -0.2) is 0 Å². The first-order chi connectivity index (χ1) is 22.0. The van der Waals surface area contributed by atoms with Gasteiger partial charge in [0.15, 0.2) is 0 Å². The molecule has 0 bridgehead atoms. The molecule has 1 aliphatic carbocycles. The molecule has 0 saturated heterocycles. The Hall–Kier alpha value is -4.52. The summed E-state index contributed by atoms with van der Waals surface area (Å²) < 4.78 is 0. The van der Waals surface area contributed by atoms with Gasteiger partial charge in [-0.05, 0) is 90.9 Å².